The molecule has 1 saturated heterocycles. The minimum atomic E-state index is -0.326. The first-order valence-electron chi connectivity index (χ1n) is 5.93. The van der Waals surface area contributed by atoms with Crippen molar-refractivity contribution >= 4 is 5.91 Å². The van der Waals surface area contributed by atoms with Gasteiger partial charge < -0.3 is 15.2 Å². The quantitative estimate of drug-likeness (QED) is 0.740. The lowest BCUT2D eigenvalue weighted by atomic mass is 10.1. The Labute approximate surface area is 108 Å². The van der Waals surface area contributed by atoms with Gasteiger partial charge in [0.25, 0.3) is 0 Å². The number of nitrogens with zero attached hydrogens (tertiary/aromatic N) is 4. The Hall–Kier alpha value is -2.35. The highest BCUT2D eigenvalue weighted by molar-refractivity contribution is 5.82. The van der Waals surface area contributed by atoms with Crippen LogP contribution in [0.5, 0.6) is 0 Å². The van der Waals surface area contributed by atoms with Gasteiger partial charge in [0.15, 0.2) is 0 Å². The van der Waals surface area contributed by atoms with E-state index in [1.54, 1.807) is 12.3 Å². The number of hydrogen-bond acceptors (Lipinski definition) is 7. The van der Waals surface area contributed by atoms with Crippen molar-refractivity contribution in [1.82, 2.24) is 30.7 Å². The number of nitrogens with one attached hydrogen (secondary N) is 2. The average Bonchev–Trinajstić information content (AvgIpc) is 2.91. The summed E-state index contributed by atoms with van der Waals surface area (Å²) in [4.78, 5) is 23.7. The van der Waals surface area contributed by atoms with Gasteiger partial charge in [-0.2, -0.15) is 4.98 Å². The minimum Gasteiger partial charge on any atom is -0.353 e. The molecule has 0 spiro atoms. The smallest absolute Gasteiger partial charge is 0.237 e. The SMILES string of the molecule is O=C1NCCNC1Cc1nc(-c2ccncn2)no1. The Morgan fingerprint density at radius 2 is 2.37 bits per heavy atom. The van der Waals surface area contributed by atoms with Crippen molar-refractivity contribution in [2.75, 3.05) is 13.1 Å². The van der Waals surface area contributed by atoms with Gasteiger partial charge in [-0.15, -0.1) is 0 Å². The molecule has 0 bridgehead atoms. The van der Waals surface area contributed by atoms with E-state index in [2.05, 4.69) is 30.7 Å². The number of aromatic nitrogens is 4. The number of piperazine rings is 1. The van der Waals surface area contributed by atoms with E-state index in [9.17, 15) is 4.79 Å². The zero-order valence-corrected chi connectivity index (χ0v) is 10.0. The molecule has 2 N–H and O–H groups in total. The number of amides is 1. The van der Waals surface area contributed by atoms with Crippen LogP contribution in [-0.4, -0.2) is 45.1 Å². The van der Waals surface area contributed by atoms with E-state index in [1.165, 1.54) is 6.33 Å². The first kappa shape index (κ1) is 11.7. The van der Waals surface area contributed by atoms with Crippen LogP contribution in [0.15, 0.2) is 23.1 Å². The van der Waals surface area contributed by atoms with E-state index in [1.807, 2.05) is 0 Å². The van der Waals surface area contributed by atoms with Gasteiger partial charge in [0.1, 0.15) is 12.0 Å². The lowest BCUT2D eigenvalue weighted by Crippen LogP contribution is -2.53. The Morgan fingerprint density at radius 3 is 3.16 bits per heavy atom. The van der Waals surface area contributed by atoms with Crippen LogP contribution in [0.2, 0.25) is 0 Å². The summed E-state index contributed by atoms with van der Waals surface area (Å²) in [5, 5.41) is 9.72. The molecular weight excluding hydrogens is 248 g/mol. The lowest BCUT2D eigenvalue weighted by Gasteiger charge is -2.21. The maximum atomic E-state index is 11.6. The maximum absolute atomic E-state index is 11.6. The summed E-state index contributed by atoms with van der Waals surface area (Å²) in [6.07, 6.45) is 3.39. The second-order valence-electron chi connectivity index (χ2n) is 4.11. The fraction of sp³-hybridized carbons (Fsp3) is 0.364. The van der Waals surface area contributed by atoms with Crippen molar-refractivity contribution in [3.05, 3.63) is 24.5 Å². The molecule has 1 fully saturated rings. The standard InChI is InChI=1S/C11H12N6O2/c18-11-8(13-3-4-14-11)5-9-16-10(17-19-9)7-1-2-12-6-15-7/h1-2,6,8,13H,3-5H2,(H,14,18). The monoisotopic (exact) mass is 260 g/mol. The molecule has 0 aromatic carbocycles. The molecule has 8 nitrogen and oxygen atoms in total. The van der Waals surface area contributed by atoms with Crippen LogP contribution in [0, 0.1) is 0 Å². The first-order valence-corrected chi connectivity index (χ1v) is 5.93. The fourth-order valence-electron chi connectivity index (χ4n) is 1.85. The van der Waals surface area contributed by atoms with E-state index in [0.717, 1.165) is 6.54 Å². The van der Waals surface area contributed by atoms with Crippen molar-refractivity contribution < 1.29 is 9.32 Å². The predicted molar refractivity (Wildman–Crippen MR) is 63.8 cm³/mol. The van der Waals surface area contributed by atoms with Crippen molar-refractivity contribution in [2.45, 2.75) is 12.5 Å². The fourth-order valence-corrected chi connectivity index (χ4v) is 1.85. The van der Waals surface area contributed by atoms with Crippen molar-refractivity contribution in [3.63, 3.8) is 0 Å². The van der Waals surface area contributed by atoms with Gasteiger partial charge >= 0.3 is 0 Å². The van der Waals surface area contributed by atoms with Crippen LogP contribution in [0.1, 0.15) is 5.89 Å². The normalized spacial score (nSPS) is 19.2. The zero-order valence-electron chi connectivity index (χ0n) is 10.0. The molecule has 3 heterocycles. The summed E-state index contributed by atoms with van der Waals surface area (Å²) in [5.74, 6) is 0.754. The van der Waals surface area contributed by atoms with E-state index in [0.29, 0.717) is 30.4 Å². The molecule has 8 heteroatoms. The van der Waals surface area contributed by atoms with E-state index < -0.39 is 0 Å². The molecule has 19 heavy (non-hydrogen) atoms. The summed E-state index contributed by atoms with van der Waals surface area (Å²) in [5.41, 5.74) is 0.589. The largest absolute Gasteiger partial charge is 0.353 e. The zero-order chi connectivity index (χ0) is 13.1. The van der Waals surface area contributed by atoms with Crippen LogP contribution in [0.4, 0.5) is 0 Å². The summed E-state index contributed by atoms with van der Waals surface area (Å²) in [6.45, 7) is 1.38. The summed E-state index contributed by atoms with van der Waals surface area (Å²) in [6, 6.07) is 1.37. The molecule has 1 unspecified atom stereocenters. The van der Waals surface area contributed by atoms with E-state index >= 15 is 0 Å². The van der Waals surface area contributed by atoms with Gasteiger partial charge in [-0.05, 0) is 6.07 Å². The van der Waals surface area contributed by atoms with Gasteiger partial charge in [-0.1, -0.05) is 5.16 Å². The predicted octanol–water partition coefficient (Wildman–Crippen LogP) is -0.843. The van der Waals surface area contributed by atoms with E-state index in [-0.39, 0.29) is 11.9 Å². The van der Waals surface area contributed by atoms with Crippen LogP contribution >= 0.6 is 0 Å². The Bertz CT molecular complexity index is 570. The molecule has 98 valence electrons. The highest BCUT2D eigenvalue weighted by Crippen LogP contribution is 2.12. The maximum Gasteiger partial charge on any atom is 0.237 e. The molecule has 0 saturated carbocycles. The van der Waals surface area contributed by atoms with Crippen molar-refractivity contribution in [3.8, 4) is 11.5 Å². The molecule has 1 atom stereocenters. The number of carbonyl (C=O) groups is 1. The van der Waals surface area contributed by atoms with Crippen molar-refractivity contribution in [1.29, 1.82) is 0 Å². The molecule has 2 aromatic heterocycles. The highest BCUT2D eigenvalue weighted by Gasteiger charge is 2.24. The Balaban J connectivity index is 1.73. The molecule has 2 aromatic rings. The number of rotatable bonds is 3. The molecule has 3 rings (SSSR count). The number of carbonyl (C=O) groups excluding carboxylic acids is 1. The number of hydrogen-bond donors (Lipinski definition) is 2. The summed E-state index contributed by atoms with van der Waals surface area (Å²) >= 11 is 0. The third-order valence-electron chi connectivity index (χ3n) is 2.79. The highest BCUT2D eigenvalue weighted by atomic mass is 16.5. The Kier molecular flexibility index (Phi) is 3.15. The molecule has 1 amide bonds. The van der Waals surface area contributed by atoms with Crippen LogP contribution < -0.4 is 10.6 Å². The lowest BCUT2D eigenvalue weighted by molar-refractivity contribution is -0.124. The van der Waals surface area contributed by atoms with Crippen molar-refractivity contribution in [2.24, 2.45) is 0 Å². The van der Waals surface area contributed by atoms with Gasteiger partial charge in [-0.25, -0.2) is 9.97 Å². The first-order chi connectivity index (χ1) is 9.33. The van der Waals surface area contributed by atoms with Gasteiger partial charge in [0, 0.05) is 19.3 Å². The van der Waals surface area contributed by atoms with Gasteiger partial charge in [0.05, 0.1) is 12.5 Å². The third-order valence-corrected chi connectivity index (χ3v) is 2.79. The van der Waals surface area contributed by atoms with Gasteiger partial charge in [0.2, 0.25) is 17.6 Å². The molecule has 1 aliphatic heterocycles. The second-order valence-corrected chi connectivity index (χ2v) is 4.11. The molecule has 1 aliphatic rings. The van der Waals surface area contributed by atoms with Crippen LogP contribution in [-0.2, 0) is 11.2 Å². The topological polar surface area (TPSA) is 106 Å². The minimum absolute atomic E-state index is 0.0481. The van der Waals surface area contributed by atoms with Gasteiger partial charge in [-0.3, -0.25) is 4.79 Å². The van der Waals surface area contributed by atoms with Crippen LogP contribution in [0.25, 0.3) is 11.5 Å². The molecule has 0 aliphatic carbocycles. The third kappa shape index (κ3) is 2.58. The molecular formula is C11H12N6O2. The Morgan fingerprint density at radius 1 is 1.42 bits per heavy atom. The summed E-state index contributed by atoms with van der Waals surface area (Å²) in [7, 11) is 0. The second kappa shape index (κ2) is 5.11. The average molecular weight is 260 g/mol. The van der Waals surface area contributed by atoms with Crippen LogP contribution in [0.3, 0.4) is 0 Å². The summed E-state index contributed by atoms with van der Waals surface area (Å²) < 4.78 is 5.13. The molecule has 0 radical (unpaired) electrons. The van der Waals surface area contributed by atoms with E-state index in [4.69, 9.17) is 4.52 Å².